The minimum atomic E-state index is -0.346. The van der Waals surface area contributed by atoms with Gasteiger partial charge in [0, 0.05) is 16.2 Å². The van der Waals surface area contributed by atoms with Crippen molar-refractivity contribution in [3.8, 4) is 11.5 Å². The van der Waals surface area contributed by atoms with Gasteiger partial charge in [-0.2, -0.15) is 0 Å². The fraction of sp³-hybridized carbons (Fsp3) is 0.167. The molecule has 1 heterocycles. The maximum Gasteiger partial charge on any atom is 0.189 e. The van der Waals surface area contributed by atoms with Crippen LogP contribution in [0.25, 0.3) is 5.70 Å². The topological polar surface area (TPSA) is 58.1 Å². The van der Waals surface area contributed by atoms with Gasteiger partial charge in [0.2, 0.25) is 0 Å². The van der Waals surface area contributed by atoms with Gasteiger partial charge in [0.05, 0.1) is 17.7 Å². The smallest absolute Gasteiger partial charge is 0.189 e. The molecule has 1 aliphatic rings. The summed E-state index contributed by atoms with van der Waals surface area (Å²) in [4.78, 5) is 0. The molecule has 154 valence electrons. The predicted molar refractivity (Wildman–Crippen MR) is 118 cm³/mol. The standard InChI is InChI=1S/C24H22BrFN2O2/c1-2-30-17-10-7-15(8-11-17)21-14-22(19-13-16(25)9-12-23(19)29)28-24(27-21)18-5-3-4-6-20(18)26/h3-14,22,24,27-29H,2H2,1H3/p+1. The van der Waals surface area contributed by atoms with Gasteiger partial charge in [-0.3, -0.25) is 0 Å². The highest BCUT2D eigenvalue weighted by atomic mass is 79.9. The zero-order chi connectivity index (χ0) is 21.1. The third kappa shape index (κ3) is 4.35. The molecule has 0 spiro atoms. The van der Waals surface area contributed by atoms with E-state index < -0.39 is 0 Å². The summed E-state index contributed by atoms with van der Waals surface area (Å²) in [6, 6.07) is 19.7. The molecule has 4 rings (SSSR count). The van der Waals surface area contributed by atoms with Crippen molar-refractivity contribution in [2.24, 2.45) is 0 Å². The lowest BCUT2D eigenvalue weighted by Gasteiger charge is -2.30. The molecule has 2 unspecified atom stereocenters. The minimum Gasteiger partial charge on any atom is -0.507 e. The summed E-state index contributed by atoms with van der Waals surface area (Å²) in [6.45, 7) is 2.55. The third-order valence-electron chi connectivity index (χ3n) is 5.12. The Labute approximate surface area is 183 Å². The maximum atomic E-state index is 14.6. The van der Waals surface area contributed by atoms with Crippen LogP contribution in [-0.4, -0.2) is 11.7 Å². The first-order chi connectivity index (χ1) is 14.5. The number of rotatable bonds is 5. The predicted octanol–water partition coefficient (Wildman–Crippen LogP) is 4.64. The number of aromatic hydroxyl groups is 1. The van der Waals surface area contributed by atoms with Gasteiger partial charge in [-0.05, 0) is 67.1 Å². The first kappa shape index (κ1) is 20.4. The molecular weight excluding hydrogens is 447 g/mol. The Kier molecular flexibility index (Phi) is 6.06. The average molecular weight is 470 g/mol. The number of ether oxygens (including phenoxy) is 1. The van der Waals surface area contributed by atoms with Gasteiger partial charge in [-0.1, -0.05) is 28.1 Å². The molecule has 0 aromatic heterocycles. The van der Waals surface area contributed by atoms with Crippen molar-refractivity contribution in [2.75, 3.05) is 6.61 Å². The molecule has 0 radical (unpaired) electrons. The molecule has 0 bridgehead atoms. The number of phenolic OH excluding ortho intramolecular Hbond substituents is 1. The number of hydrogen-bond acceptors (Lipinski definition) is 3. The second kappa shape index (κ2) is 8.90. The summed E-state index contributed by atoms with van der Waals surface area (Å²) >= 11 is 3.48. The molecule has 0 saturated carbocycles. The van der Waals surface area contributed by atoms with E-state index in [0.29, 0.717) is 12.2 Å². The number of phenols is 1. The second-order valence-corrected chi connectivity index (χ2v) is 8.02. The van der Waals surface area contributed by atoms with Crippen LogP contribution in [0.5, 0.6) is 11.5 Å². The highest BCUT2D eigenvalue weighted by molar-refractivity contribution is 9.10. The normalized spacial score (nSPS) is 18.4. The Morgan fingerprint density at radius 2 is 1.83 bits per heavy atom. The fourth-order valence-electron chi connectivity index (χ4n) is 3.68. The van der Waals surface area contributed by atoms with Crippen molar-refractivity contribution in [1.29, 1.82) is 0 Å². The molecule has 0 amide bonds. The Balaban J connectivity index is 1.75. The number of benzene rings is 3. The summed E-state index contributed by atoms with van der Waals surface area (Å²) in [5.41, 5.74) is 3.16. The zero-order valence-electron chi connectivity index (χ0n) is 16.5. The van der Waals surface area contributed by atoms with E-state index in [2.05, 4.69) is 27.3 Å². The molecule has 3 aromatic rings. The van der Waals surface area contributed by atoms with Crippen molar-refractivity contribution in [3.05, 3.63) is 99.8 Å². The van der Waals surface area contributed by atoms with E-state index in [1.54, 1.807) is 24.3 Å². The van der Waals surface area contributed by atoms with Crippen LogP contribution >= 0.6 is 15.9 Å². The number of hydrogen-bond donors (Lipinski definition) is 3. The zero-order valence-corrected chi connectivity index (χ0v) is 18.1. The van der Waals surface area contributed by atoms with Gasteiger partial charge < -0.3 is 20.5 Å². The molecule has 0 aliphatic carbocycles. The van der Waals surface area contributed by atoms with Gasteiger partial charge in [0.25, 0.3) is 0 Å². The summed E-state index contributed by atoms with van der Waals surface area (Å²) in [6.07, 6.45) is 1.70. The molecule has 0 saturated heterocycles. The van der Waals surface area contributed by atoms with Crippen molar-refractivity contribution >= 4 is 21.6 Å². The molecule has 1 aliphatic heterocycles. The highest BCUT2D eigenvalue weighted by Crippen LogP contribution is 2.31. The summed E-state index contributed by atoms with van der Waals surface area (Å²) in [7, 11) is 0. The lowest BCUT2D eigenvalue weighted by atomic mass is 9.97. The van der Waals surface area contributed by atoms with Crippen LogP contribution in [0.1, 0.15) is 35.8 Å². The van der Waals surface area contributed by atoms with Crippen molar-refractivity contribution in [1.82, 2.24) is 5.32 Å². The largest absolute Gasteiger partial charge is 0.507 e. The van der Waals surface area contributed by atoms with E-state index in [9.17, 15) is 9.50 Å². The molecule has 6 heteroatoms. The SMILES string of the molecule is CCOc1ccc(C2=CC(c3cc(Br)ccc3O)[NH2+]C(c3ccccc3F)N2)cc1. The first-order valence-corrected chi connectivity index (χ1v) is 10.6. The molecule has 4 N–H and O–H groups in total. The Hall–Kier alpha value is -2.83. The molecule has 2 atom stereocenters. The van der Waals surface area contributed by atoms with Crippen molar-refractivity contribution in [3.63, 3.8) is 0 Å². The van der Waals surface area contributed by atoms with Crippen molar-refractivity contribution in [2.45, 2.75) is 19.1 Å². The Morgan fingerprint density at radius 3 is 2.57 bits per heavy atom. The van der Waals surface area contributed by atoms with E-state index in [1.165, 1.54) is 6.07 Å². The second-order valence-electron chi connectivity index (χ2n) is 7.10. The van der Waals surface area contributed by atoms with Crippen LogP contribution in [0.3, 0.4) is 0 Å². The Morgan fingerprint density at radius 1 is 1.07 bits per heavy atom. The summed E-state index contributed by atoms with van der Waals surface area (Å²) in [5, 5.41) is 15.9. The van der Waals surface area contributed by atoms with E-state index >= 15 is 0 Å². The molecular formula is C24H23BrFN2O2+. The van der Waals surface area contributed by atoms with Gasteiger partial charge >= 0.3 is 0 Å². The van der Waals surface area contributed by atoms with Crippen LogP contribution in [0, 0.1) is 5.82 Å². The highest BCUT2D eigenvalue weighted by Gasteiger charge is 2.30. The first-order valence-electron chi connectivity index (χ1n) is 9.84. The third-order valence-corrected chi connectivity index (χ3v) is 5.62. The van der Waals surface area contributed by atoms with Crippen LogP contribution in [0.15, 0.2) is 77.3 Å². The lowest BCUT2D eigenvalue weighted by molar-refractivity contribution is -0.731. The number of halogens is 2. The number of nitrogens with two attached hydrogens (primary N) is 1. The number of nitrogens with one attached hydrogen (secondary N) is 1. The van der Waals surface area contributed by atoms with Gasteiger partial charge in [-0.25, -0.2) is 4.39 Å². The van der Waals surface area contributed by atoms with Crippen LogP contribution in [0.4, 0.5) is 4.39 Å². The molecule has 4 nitrogen and oxygen atoms in total. The van der Waals surface area contributed by atoms with Gasteiger partial charge in [0.1, 0.15) is 23.4 Å². The van der Waals surface area contributed by atoms with Crippen molar-refractivity contribution < 1.29 is 19.6 Å². The molecule has 30 heavy (non-hydrogen) atoms. The quantitative estimate of drug-likeness (QED) is 0.510. The molecule has 3 aromatic carbocycles. The van der Waals surface area contributed by atoms with E-state index in [0.717, 1.165) is 27.0 Å². The maximum absolute atomic E-state index is 14.6. The summed E-state index contributed by atoms with van der Waals surface area (Å²) in [5.74, 6) is 0.739. The van der Waals surface area contributed by atoms with E-state index in [1.807, 2.05) is 48.6 Å². The van der Waals surface area contributed by atoms with Gasteiger partial charge in [-0.15, -0.1) is 0 Å². The monoisotopic (exact) mass is 469 g/mol. The number of quaternary nitrogens is 1. The average Bonchev–Trinajstić information content (AvgIpc) is 2.76. The minimum absolute atomic E-state index is 0.199. The summed E-state index contributed by atoms with van der Waals surface area (Å²) < 4.78 is 21.0. The van der Waals surface area contributed by atoms with Crippen LogP contribution in [-0.2, 0) is 0 Å². The van der Waals surface area contributed by atoms with E-state index in [-0.39, 0.29) is 23.8 Å². The van der Waals surface area contributed by atoms with Crippen LogP contribution < -0.4 is 15.4 Å². The Bertz CT molecular complexity index is 1070. The lowest BCUT2D eigenvalue weighted by Crippen LogP contribution is -2.90. The van der Waals surface area contributed by atoms with Crippen LogP contribution in [0.2, 0.25) is 0 Å². The molecule has 0 fully saturated rings. The van der Waals surface area contributed by atoms with E-state index in [4.69, 9.17) is 4.74 Å². The van der Waals surface area contributed by atoms with Gasteiger partial charge in [0.15, 0.2) is 6.17 Å². The fourth-order valence-corrected chi connectivity index (χ4v) is 4.06.